The van der Waals surface area contributed by atoms with Crippen molar-refractivity contribution >= 4 is 20.0 Å². The number of nitrogens with two attached hydrogens (primary N) is 1. The van der Waals surface area contributed by atoms with Gasteiger partial charge in [-0.3, -0.25) is 0 Å². The molecular formula is C16H21N3O4S2. The van der Waals surface area contributed by atoms with Gasteiger partial charge in [0.25, 0.3) is 0 Å². The molecule has 25 heavy (non-hydrogen) atoms. The van der Waals surface area contributed by atoms with Gasteiger partial charge >= 0.3 is 0 Å². The van der Waals surface area contributed by atoms with E-state index in [9.17, 15) is 16.8 Å². The molecular weight excluding hydrogens is 362 g/mol. The van der Waals surface area contributed by atoms with E-state index < -0.39 is 20.0 Å². The molecule has 9 heteroatoms. The van der Waals surface area contributed by atoms with Crippen LogP contribution in [-0.2, 0) is 26.6 Å². The number of hydrogen-bond donors (Lipinski definition) is 2. The zero-order valence-corrected chi connectivity index (χ0v) is 15.4. The number of hydrogen-bond acceptors (Lipinski definition) is 5. The van der Waals surface area contributed by atoms with Crippen LogP contribution >= 0.6 is 0 Å². The molecule has 0 amide bonds. The Morgan fingerprint density at radius 2 is 1.48 bits per heavy atom. The molecule has 7 nitrogen and oxygen atoms in total. The molecule has 0 aliphatic carbocycles. The number of sulfonamides is 2. The molecule has 0 aliphatic heterocycles. The molecule has 2 aromatic carbocycles. The van der Waals surface area contributed by atoms with Gasteiger partial charge < -0.3 is 5.73 Å². The molecule has 0 saturated carbocycles. The summed E-state index contributed by atoms with van der Waals surface area (Å²) in [6.07, 6.45) is 0. The number of nitrogens with one attached hydrogen (secondary N) is 1. The van der Waals surface area contributed by atoms with Crippen molar-refractivity contribution in [2.75, 3.05) is 20.1 Å². The second kappa shape index (κ2) is 8.07. The van der Waals surface area contributed by atoms with Gasteiger partial charge in [0.05, 0.1) is 9.79 Å². The van der Waals surface area contributed by atoms with Gasteiger partial charge in [0.2, 0.25) is 20.0 Å². The molecule has 0 saturated heterocycles. The fourth-order valence-electron chi connectivity index (χ4n) is 2.27. The Hall–Kier alpha value is -1.78. The van der Waals surface area contributed by atoms with Crippen molar-refractivity contribution in [3.8, 4) is 0 Å². The lowest BCUT2D eigenvalue weighted by Gasteiger charge is -2.22. The van der Waals surface area contributed by atoms with Crippen LogP contribution in [0, 0.1) is 0 Å². The van der Waals surface area contributed by atoms with Crippen molar-refractivity contribution in [1.82, 2.24) is 9.03 Å². The first-order chi connectivity index (χ1) is 11.8. The van der Waals surface area contributed by atoms with E-state index in [4.69, 9.17) is 5.73 Å². The normalized spacial score (nSPS) is 12.4. The molecule has 0 aromatic heterocycles. The van der Waals surface area contributed by atoms with Gasteiger partial charge in [-0.05, 0) is 36.9 Å². The van der Waals surface area contributed by atoms with Gasteiger partial charge in [-0.25, -0.2) is 21.6 Å². The van der Waals surface area contributed by atoms with Crippen LogP contribution in [-0.4, -0.2) is 41.3 Å². The molecule has 2 aromatic rings. The Morgan fingerprint density at radius 3 is 2.00 bits per heavy atom. The van der Waals surface area contributed by atoms with E-state index in [1.54, 1.807) is 0 Å². The summed E-state index contributed by atoms with van der Waals surface area (Å²) in [5.74, 6) is 0. The molecule has 2 rings (SSSR count). The molecule has 0 unspecified atom stereocenters. The van der Waals surface area contributed by atoms with Crippen molar-refractivity contribution in [3.63, 3.8) is 0 Å². The van der Waals surface area contributed by atoms with Gasteiger partial charge in [-0.2, -0.15) is 4.31 Å². The first-order valence-corrected chi connectivity index (χ1v) is 10.5. The molecule has 0 heterocycles. The van der Waals surface area contributed by atoms with Gasteiger partial charge in [0, 0.05) is 19.6 Å². The van der Waals surface area contributed by atoms with Gasteiger partial charge in [0.15, 0.2) is 0 Å². The van der Waals surface area contributed by atoms with Gasteiger partial charge in [0.1, 0.15) is 0 Å². The largest absolute Gasteiger partial charge is 0.329 e. The SMILES string of the molecule is CNS(=O)(=O)c1ccc(S(=O)(=O)N(CCN)Cc2ccccc2)cc1. The van der Waals surface area contributed by atoms with Crippen LogP contribution < -0.4 is 10.5 Å². The average molecular weight is 383 g/mol. The van der Waals surface area contributed by atoms with Crippen LogP contribution in [0.2, 0.25) is 0 Å². The Balaban J connectivity index is 2.33. The fraction of sp³-hybridized carbons (Fsp3) is 0.250. The van der Waals surface area contributed by atoms with E-state index >= 15 is 0 Å². The highest BCUT2D eigenvalue weighted by molar-refractivity contribution is 7.89. The summed E-state index contributed by atoms with van der Waals surface area (Å²) < 4.78 is 52.7. The zero-order valence-electron chi connectivity index (χ0n) is 13.8. The van der Waals surface area contributed by atoms with Gasteiger partial charge in [-0.15, -0.1) is 0 Å². The van der Waals surface area contributed by atoms with Crippen LogP contribution in [0.4, 0.5) is 0 Å². The minimum atomic E-state index is -3.79. The standard InChI is InChI=1S/C16H21N3O4S2/c1-18-24(20,21)15-7-9-16(10-8-15)25(22,23)19(12-11-17)13-14-5-3-2-4-6-14/h2-10,18H,11-13,17H2,1H3. The molecule has 0 fully saturated rings. The fourth-order valence-corrected chi connectivity index (χ4v) is 4.45. The molecule has 0 bridgehead atoms. The molecule has 0 atom stereocenters. The Labute approximate surface area is 148 Å². The van der Waals surface area contributed by atoms with Crippen LogP contribution in [0.5, 0.6) is 0 Å². The average Bonchev–Trinajstić information content (AvgIpc) is 2.62. The van der Waals surface area contributed by atoms with E-state index in [0.29, 0.717) is 0 Å². The zero-order chi connectivity index (χ0) is 18.5. The van der Waals surface area contributed by atoms with Crippen molar-refractivity contribution in [1.29, 1.82) is 0 Å². The number of nitrogens with zero attached hydrogens (tertiary/aromatic N) is 1. The van der Waals surface area contributed by atoms with Crippen molar-refractivity contribution in [3.05, 3.63) is 60.2 Å². The highest BCUT2D eigenvalue weighted by Gasteiger charge is 2.24. The molecule has 3 N–H and O–H groups in total. The summed E-state index contributed by atoms with van der Waals surface area (Å²) >= 11 is 0. The van der Waals surface area contributed by atoms with E-state index in [-0.39, 0.29) is 29.4 Å². The van der Waals surface area contributed by atoms with Crippen molar-refractivity contribution in [2.24, 2.45) is 5.73 Å². The topological polar surface area (TPSA) is 110 Å². The van der Waals surface area contributed by atoms with Crippen molar-refractivity contribution in [2.45, 2.75) is 16.3 Å². The number of rotatable bonds is 8. The summed E-state index contributed by atoms with van der Waals surface area (Å²) in [4.78, 5) is 0.0225. The minimum absolute atomic E-state index is 0.00221. The third-order valence-corrected chi connectivity index (χ3v) is 6.91. The van der Waals surface area contributed by atoms with Crippen molar-refractivity contribution < 1.29 is 16.8 Å². The van der Waals surface area contributed by atoms with Crippen LogP contribution in [0.15, 0.2) is 64.4 Å². The summed E-state index contributed by atoms with van der Waals surface area (Å²) in [6.45, 7) is 0.531. The maximum Gasteiger partial charge on any atom is 0.243 e. The van der Waals surface area contributed by atoms with E-state index in [1.807, 2.05) is 30.3 Å². The molecule has 0 spiro atoms. The highest BCUT2D eigenvalue weighted by Crippen LogP contribution is 2.20. The van der Waals surface area contributed by atoms with Crippen LogP contribution in [0.1, 0.15) is 5.56 Å². The lowest BCUT2D eigenvalue weighted by molar-refractivity contribution is 0.414. The summed E-state index contributed by atoms with van der Waals surface area (Å²) in [5, 5.41) is 0. The Morgan fingerprint density at radius 1 is 0.920 bits per heavy atom. The Bertz CT molecular complexity index is 896. The highest BCUT2D eigenvalue weighted by atomic mass is 32.2. The summed E-state index contributed by atoms with van der Waals surface area (Å²) in [7, 11) is -6.12. The molecule has 136 valence electrons. The second-order valence-corrected chi connectivity index (χ2v) is 9.12. The lowest BCUT2D eigenvalue weighted by atomic mass is 10.2. The van der Waals surface area contributed by atoms with E-state index in [0.717, 1.165) is 5.56 Å². The maximum atomic E-state index is 12.9. The van der Waals surface area contributed by atoms with Crippen LogP contribution in [0.3, 0.4) is 0 Å². The summed E-state index contributed by atoms with van der Waals surface area (Å²) in [6, 6.07) is 14.3. The second-order valence-electron chi connectivity index (χ2n) is 5.29. The summed E-state index contributed by atoms with van der Waals surface area (Å²) in [5.41, 5.74) is 6.40. The third kappa shape index (κ3) is 4.65. The first-order valence-electron chi connectivity index (χ1n) is 7.59. The van der Waals surface area contributed by atoms with Crippen LogP contribution in [0.25, 0.3) is 0 Å². The number of benzene rings is 2. The Kier molecular flexibility index (Phi) is 6.31. The molecule has 0 aliphatic rings. The maximum absolute atomic E-state index is 12.9. The third-order valence-electron chi connectivity index (χ3n) is 3.62. The first kappa shape index (κ1) is 19.5. The monoisotopic (exact) mass is 383 g/mol. The predicted octanol–water partition coefficient (Wildman–Crippen LogP) is 0.744. The predicted molar refractivity (Wildman–Crippen MR) is 95.8 cm³/mol. The van der Waals surface area contributed by atoms with Gasteiger partial charge in [-0.1, -0.05) is 30.3 Å². The molecule has 0 radical (unpaired) electrons. The quantitative estimate of drug-likeness (QED) is 0.699. The van der Waals surface area contributed by atoms with E-state index in [1.165, 1.54) is 35.6 Å². The minimum Gasteiger partial charge on any atom is -0.329 e. The smallest absolute Gasteiger partial charge is 0.243 e. The van der Waals surface area contributed by atoms with E-state index in [2.05, 4.69) is 4.72 Å². The lowest BCUT2D eigenvalue weighted by Crippen LogP contribution is -2.35.